The van der Waals surface area contributed by atoms with Crippen LogP contribution >= 0.6 is 11.6 Å². The van der Waals surface area contributed by atoms with E-state index in [4.69, 9.17) is 17.3 Å². The molecule has 0 aliphatic rings. The van der Waals surface area contributed by atoms with Gasteiger partial charge in [-0.25, -0.2) is 9.37 Å². The number of benzene rings is 1. The minimum absolute atomic E-state index is 0.293. The molecule has 2 aromatic rings. The van der Waals surface area contributed by atoms with E-state index in [1.165, 1.54) is 12.1 Å². The molecule has 0 unspecified atom stereocenters. The summed E-state index contributed by atoms with van der Waals surface area (Å²) in [5, 5.41) is 0.444. The van der Waals surface area contributed by atoms with E-state index >= 15 is 0 Å². The molecule has 0 radical (unpaired) electrons. The molecule has 0 aliphatic carbocycles. The Morgan fingerprint density at radius 3 is 2.40 bits per heavy atom. The summed E-state index contributed by atoms with van der Waals surface area (Å²) in [5.74, 6) is 0.0399. The average Bonchev–Trinajstić information content (AvgIpc) is 2.47. The Morgan fingerprint density at radius 1 is 1.33 bits per heavy atom. The lowest BCUT2D eigenvalue weighted by atomic mass is 10.2. The normalized spacial score (nSPS) is 10.6. The van der Waals surface area contributed by atoms with Crippen LogP contribution in [0.1, 0.15) is 0 Å². The van der Waals surface area contributed by atoms with Gasteiger partial charge in [0.1, 0.15) is 16.7 Å². The number of nitrogens with zero attached hydrogens (tertiary/aromatic N) is 2. The zero-order chi connectivity index (χ0) is 11.0. The second-order valence-electron chi connectivity index (χ2n) is 3.18. The molecule has 1 aromatic carbocycles. The monoisotopic (exact) mass is 225 g/mol. The van der Waals surface area contributed by atoms with E-state index < -0.39 is 0 Å². The number of aromatic nitrogens is 2. The van der Waals surface area contributed by atoms with E-state index in [1.807, 2.05) is 0 Å². The van der Waals surface area contributed by atoms with E-state index in [0.29, 0.717) is 16.8 Å². The number of anilines is 1. The van der Waals surface area contributed by atoms with Crippen LogP contribution in [0.15, 0.2) is 24.3 Å². The molecule has 0 fully saturated rings. The molecule has 0 saturated carbocycles. The van der Waals surface area contributed by atoms with E-state index in [0.717, 1.165) is 5.56 Å². The standard InChI is InChI=1S/C10H9ClFN3/c1-15-9(11)8(14-10(15)13)6-2-4-7(12)5-3-6/h2-5H,1H3,(H2,13,14). The summed E-state index contributed by atoms with van der Waals surface area (Å²) >= 11 is 6.02. The molecular formula is C10H9ClFN3. The first-order valence-electron chi connectivity index (χ1n) is 4.33. The second kappa shape index (κ2) is 3.55. The van der Waals surface area contributed by atoms with Gasteiger partial charge < -0.3 is 10.3 Å². The Labute approximate surface area is 91.3 Å². The van der Waals surface area contributed by atoms with Gasteiger partial charge in [0.2, 0.25) is 5.95 Å². The number of hydrogen-bond acceptors (Lipinski definition) is 2. The van der Waals surface area contributed by atoms with Gasteiger partial charge in [0, 0.05) is 12.6 Å². The van der Waals surface area contributed by atoms with Crippen LogP contribution in [0.25, 0.3) is 11.3 Å². The molecule has 0 amide bonds. The Morgan fingerprint density at radius 2 is 1.93 bits per heavy atom. The van der Waals surface area contributed by atoms with Gasteiger partial charge in [-0.05, 0) is 24.3 Å². The maximum atomic E-state index is 12.7. The molecule has 0 aliphatic heterocycles. The van der Waals surface area contributed by atoms with Crippen molar-refractivity contribution in [3.63, 3.8) is 0 Å². The highest BCUT2D eigenvalue weighted by atomic mass is 35.5. The van der Waals surface area contributed by atoms with Crippen molar-refractivity contribution in [2.75, 3.05) is 5.73 Å². The highest BCUT2D eigenvalue weighted by Crippen LogP contribution is 2.28. The number of rotatable bonds is 1. The summed E-state index contributed by atoms with van der Waals surface area (Å²) in [6, 6.07) is 5.94. The van der Waals surface area contributed by atoms with Crippen LogP contribution in [0.2, 0.25) is 5.15 Å². The fraction of sp³-hybridized carbons (Fsp3) is 0.100. The van der Waals surface area contributed by atoms with Gasteiger partial charge in [-0.3, -0.25) is 0 Å². The molecule has 15 heavy (non-hydrogen) atoms. The molecular weight excluding hydrogens is 217 g/mol. The van der Waals surface area contributed by atoms with Crippen molar-refractivity contribution < 1.29 is 4.39 Å². The Kier molecular flexibility index (Phi) is 2.36. The molecule has 2 rings (SSSR count). The fourth-order valence-corrected chi connectivity index (χ4v) is 1.52. The molecule has 0 atom stereocenters. The molecule has 0 spiro atoms. The largest absolute Gasteiger partial charge is 0.369 e. The lowest BCUT2D eigenvalue weighted by Gasteiger charge is -1.98. The molecule has 2 N–H and O–H groups in total. The lowest BCUT2D eigenvalue weighted by molar-refractivity contribution is 0.628. The SMILES string of the molecule is Cn1c(N)nc(-c2ccc(F)cc2)c1Cl. The van der Waals surface area contributed by atoms with Gasteiger partial charge in [0.05, 0.1) is 0 Å². The third-order valence-corrected chi connectivity index (χ3v) is 2.61. The molecule has 5 heteroatoms. The zero-order valence-corrected chi connectivity index (χ0v) is 8.79. The highest BCUT2D eigenvalue weighted by Gasteiger charge is 2.12. The topological polar surface area (TPSA) is 43.8 Å². The summed E-state index contributed by atoms with van der Waals surface area (Å²) in [5.41, 5.74) is 6.91. The number of imidazole rings is 1. The molecule has 1 heterocycles. The predicted octanol–water partition coefficient (Wildman–Crippen LogP) is 2.46. The van der Waals surface area contributed by atoms with Crippen LogP contribution in [0.5, 0.6) is 0 Å². The third kappa shape index (κ3) is 1.68. The highest BCUT2D eigenvalue weighted by molar-refractivity contribution is 6.32. The third-order valence-electron chi connectivity index (χ3n) is 2.18. The van der Waals surface area contributed by atoms with Crippen LogP contribution in [-0.4, -0.2) is 9.55 Å². The molecule has 0 saturated heterocycles. The maximum absolute atomic E-state index is 12.7. The van der Waals surface area contributed by atoms with E-state index in [9.17, 15) is 4.39 Å². The summed E-state index contributed by atoms with van der Waals surface area (Å²) in [4.78, 5) is 4.10. The first-order valence-corrected chi connectivity index (χ1v) is 4.71. The average molecular weight is 226 g/mol. The van der Waals surface area contributed by atoms with Gasteiger partial charge in [0.25, 0.3) is 0 Å². The molecule has 3 nitrogen and oxygen atoms in total. The van der Waals surface area contributed by atoms with Gasteiger partial charge in [0.15, 0.2) is 0 Å². The van der Waals surface area contributed by atoms with E-state index in [-0.39, 0.29) is 5.82 Å². The predicted molar refractivity (Wildman–Crippen MR) is 58.0 cm³/mol. The maximum Gasteiger partial charge on any atom is 0.201 e. The van der Waals surface area contributed by atoms with Gasteiger partial charge in [-0.2, -0.15) is 0 Å². The van der Waals surface area contributed by atoms with Crippen molar-refractivity contribution in [2.24, 2.45) is 7.05 Å². The summed E-state index contributed by atoms with van der Waals surface area (Å²) < 4.78 is 14.3. The number of halogens is 2. The van der Waals surface area contributed by atoms with Gasteiger partial charge in [-0.1, -0.05) is 11.6 Å². The lowest BCUT2D eigenvalue weighted by Crippen LogP contribution is -1.96. The quantitative estimate of drug-likeness (QED) is 0.810. The zero-order valence-electron chi connectivity index (χ0n) is 8.04. The second-order valence-corrected chi connectivity index (χ2v) is 3.53. The molecule has 1 aromatic heterocycles. The summed E-state index contributed by atoms with van der Waals surface area (Å²) in [6.45, 7) is 0. The van der Waals surface area contributed by atoms with Crippen molar-refractivity contribution in [1.29, 1.82) is 0 Å². The van der Waals surface area contributed by atoms with Crippen molar-refractivity contribution in [3.05, 3.63) is 35.2 Å². The minimum atomic E-state index is -0.293. The summed E-state index contributed by atoms with van der Waals surface area (Å²) in [7, 11) is 1.72. The fourth-order valence-electron chi connectivity index (χ4n) is 1.29. The Balaban J connectivity index is 2.54. The molecule has 0 bridgehead atoms. The Hall–Kier alpha value is -1.55. The van der Waals surface area contributed by atoms with Crippen LogP contribution in [-0.2, 0) is 7.05 Å². The molecule has 78 valence electrons. The van der Waals surface area contributed by atoms with Crippen LogP contribution in [0.4, 0.5) is 10.3 Å². The number of nitrogens with two attached hydrogens (primary N) is 1. The van der Waals surface area contributed by atoms with E-state index in [2.05, 4.69) is 4.98 Å². The van der Waals surface area contributed by atoms with Crippen LogP contribution in [0.3, 0.4) is 0 Å². The van der Waals surface area contributed by atoms with Crippen molar-refractivity contribution in [2.45, 2.75) is 0 Å². The first kappa shape index (κ1) is 9.98. The number of hydrogen-bond donors (Lipinski definition) is 1. The summed E-state index contributed by atoms with van der Waals surface area (Å²) in [6.07, 6.45) is 0. The van der Waals surface area contributed by atoms with Crippen LogP contribution in [0, 0.1) is 5.82 Å². The van der Waals surface area contributed by atoms with Gasteiger partial charge >= 0.3 is 0 Å². The van der Waals surface area contributed by atoms with Crippen molar-refractivity contribution in [1.82, 2.24) is 9.55 Å². The Bertz CT molecular complexity index is 490. The minimum Gasteiger partial charge on any atom is -0.369 e. The smallest absolute Gasteiger partial charge is 0.201 e. The number of nitrogen functional groups attached to an aromatic ring is 1. The first-order chi connectivity index (χ1) is 7.09. The van der Waals surface area contributed by atoms with Crippen LogP contribution < -0.4 is 5.73 Å². The van der Waals surface area contributed by atoms with E-state index in [1.54, 1.807) is 23.7 Å². The van der Waals surface area contributed by atoms with Gasteiger partial charge in [-0.15, -0.1) is 0 Å². The van der Waals surface area contributed by atoms with Crippen molar-refractivity contribution in [3.8, 4) is 11.3 Å². The van der Waals surface area contributed by atoms with Crippen molar-refractivity contribution >= 4 is 17.5 Å².